The number of anilines is 1. The Kier molecular flexibility index (Phi) is 10.5. The lowest BCUT2D eigenvalue weighted by Crippen LogP contribution is -2.30. The molecule has 1 fully saturated rings. The number of alkyl halides is 3. The van der Waals surface area contributed by atoms with Crippen LogP contribution in [0.15, 0.2) is 72.8 Å². The van der Waals surface area contributed by atoms with Crippen molar-refractivity contribution in [1.29, 1.82) is 0 Å². The maximum Gasteiger partial charge on any atom is 0.490 e. The van der Waals surface area contributed by atoms with Crippen molar-refractivity contribution in [2.75, 3.05) is 31.5 Å². The predicted molar refractivity (Wildman–Crippen MR) is 143 cm³/mol. The van der Waals surface area contributed by atoms with E-state index >= 15 is 0 Å². The average molecular weight is 544 g/mol. The maximum absolute atomic E-state index is 12.5. The van der Waals surface area contributed by atoms with Gasteiger partial charge in [-0.15, -0.1) is 0 Å². The fourth-order valence-electron chi connectivity index (χ4n) is 4.11. The number of hydrogen-bond donors (Lipinski definition) is 3. The molecule has 3 aromatic rings. The third-order valence-electron chi connectivity index (χ3n) is 6.17. The van der Waals surface area contributed by atoms with E-state index in [-0.39, 0.29) is 5.91 Å². The van der Waals surface area contributed by atoms with E-state index < -0.39 is 12.1 Å². The van der Waals surface area contributed by atoms with Gasteiger partial charge in [-0.05, 0) is 74.0 Å². The Bertz CT molecular complexity index is 1230. The lowest BCUT2D eigenvalue weighted by Gasteiger charge is -2.22. The van der Waals surface area contributed by atoms with Gasteiger partial charge in [-0.3, -0.25) is 14.6 Å². The van der Waals surface area contributed by atoms with Gasteiger partial charge >= 0.3 is 12.1 Å². The molecule has 208 valence electrons. The summed E-state index contributed by atoms with van der Waals surface area (Å²) in [5.74, 6) is -2.53. The van der Waals surface area contributed by atoms with Gasteiger partial charge in [0.25, 0.3) is 5.91 Å². The highest BCUT2D eigenvalue weighted by molar-refractivity contribution is 6.04. The van der Waals surface area contributed by atoms with Gasteiger partial charge in [0.1, 0.15) is 5.75 Å². The molecule has 1 aliphatic rings. The second-order valence-electron chi connectivity index (χ2n) is 9.40. The number of carbonyl (C=O) groups is 2. The van der Waals surface area contributed by atoms with Crippen molar-refractivity contribution in [2.45, 2.75) is 32.6 Å². The van der Waals surface area contributed by atoms with E-state index in [1.54, 1.807) is 12.1 Å². The summed E-state index contributed by atoms with van der Waals surface area (Å²) in [5, 5.41) is 19.6. The van der Waals surface area contributed by atoms with Crippen LogP contribution in [0.2, 0.25) is 0 Å². The Labute approximate surface area is 225 Å². The molecule has 0 saturated carbocycles. The molecule has 1 aliphatic heterocycles. The topological polar surface area (TPSA) is 93.1 Å². The van der Waals surface area contributed by atoms with Crippen LogP contribution in [0.1, 0.15) is 33.5 Å². The molecule has 0 aromatic heterocycles. The van der Waals surface area contributed by atoms with Crippen molar-refractivity contribution in [3.8, 4) is 5.75 Å². The summed E-state index contributed by atoms with van der Waals surface area (Å²) in [6.45, 7) is 7.97. The highest BCUT2D eigenvalue weighted by Gasteiger charge is 2.38. The highest BCUT2D eigenvalue weighted by atomic mass is 19.4. The zero-order valence-corrected chi connectivity index (χ0v) is 21.6. The molecule has 0 atom stereocenters. The average Bonchev–Trinajstić information content (AvgIpc) is 3.10. The number of aromatic hydroxyl groups is 1. The molecular weight excluding hydrogens is 511 g/mol. The van der Waals surface area contributed by atoms with Gasteiger partial charge in [0.2, 0.25) is 0 Å². The Morgan fingerprint density at radius 2 is 1.41 bits per heavy atom. The number of carboxylic acids is 1. The molecule has 0 spiro atoms. The zero-order chi connectivity index (χ0) is 28.4. The molecular formula is C29H32F3N3O4. The molecule has 0 bridgehead atoms. The van der Waals surface area contributed by atoms with Crippen LogP contribution in [0.4, 0.5) is 18.9 Å². The van der Waals surface area contributed by atoms with Crippen molar-refractivity contribution in [1.82, 2.24) is 9.80 Å². The number of halogens is 3. The number of hydrogen-bond acceptors (Lipinski definition) is 5. The first-order valence-electron chi connectivity index (χ1n) is 12.5. The number of nitrogens with one attached hydrogen (secondary N) is 1. The lowest BCUT2D eigenvalue weighted by molar-refractivity contribution is -0.192. The monoisotopic (exact) mass is 543 g/mol. The van der Waals surface area contributed by atoms with E-state index in [2.05, 4.69) is 27.2 Å². The summed E-state index contributed by atoms with van der Waals surface area (Å²) < 4.78 is 31.7. The molecule has 39 heavy (non-hydrogen) atoms. The number of phenols is 1. The molecule has 7 nitrogen and oxygen atoms in total. The molecule has 10 heteroatoms. The lowest BCUT2D eigenvalue weighted by atomic mass is 10.1. The van der Waals surface area contributed by atoms with Gasteiger partial charge in [0, 0.05) is 37.4 Å². The van der Waals surface area contributed by atoms with Crippen molar-refractivity contribution in [3.63, 3.8) is 0 Å². The van der Waals surface area contributed by atoms with Gasteiger partial charge < -0.3 is 15.5 Å². The van der Waals surface area contributed by atoms with Crippen molar-refractivity contribution in [3.05, 3.63) is 95.1 Å². The van der Waals surface area contributed by atoms with Gasteiger partial charge in [-0.25, -0.2) is 4.79 Å². The Hall–Kier alpha value is -3.89. The zero-order valence-electron chi connectivity index (χ0n) is 21.6. The van der Waals surface area contributed by atoms with Crippen LogP contribution in [-0.2, 0) is 17.9 Å². The summed E-state index contributed by atoms with van der Waals surface area (Å²) in [7, 11) is 0. The number of aliphatic carboxylic acids is 1. The minimum atomic E-state index is -5.08. The summed E-state index contributed by atoms with van der Waals surface area (Å²) in [5.41, 5.74) is 5.08. The summed E-state index contributed by atoms with van der Waals surface area (Å²) in [4.78, 5) is 26.4. The maximum atomic E-state index is 12.5. The van der Waals surface area contributed by atoms with Crippen LogP contribution < -0.4 is 5.32 Å². The van der Waals surface area contributed by atoms with Gasteiger partial charge in [-0.2, -0.15) is 13.2 Å². The number of benzene rings is 3. The van der Waals surface area contributed by atoms with Gasteiger partial charge in [-0.1, -0.05) is 42.0 Å². The van der Waals surface area contributed by atoms with Crippen LogP contribution in [0.25, 0.3) is 0 Å². The van der Waals surface area contributed by atoms with E-state index in [4.69, 9.17) is 9.90 Å². The SMILES string of the molecule is Cc1ccc(C(=O)Nc2cccc(CN3CCCN(Cc4ccc(O)cc4)CC3)c2)cc1.O=C(O)C(F)(F)F. The number of carbonyl (C=O) groups excluding carboxylic acids is 1. The fraction of sp³-hybridized carbons (Fsp3) is 0.310. The minimum Gasteiger partial charge on any atom is -0.508 e. The second-order valence-corrected chi connectivity index (χ2v) is 9.40. The number of carboxylic acid groups (broad SMARTS) is 1. The van der Waals surface area contributed by atoms with Crippen LogP contribution in [0, 0.1) is 6.92 Å². The number of rotatable bonds is 6. The molecule has 0 aliphatic carbocycles. The molecule has 0 radical (unpaired) electrons. The van der Waals surface area contributed by atoms with Gasteiger partial charge in [0.15, 0.2) is 0 Å². The first kappa shape index (κ1) is 29.7. The normalized spacial score (nSPS) is 14.6. The standard InChI is InChI=1S/C27H31N3O2.C2HF3O2/c1-21-6-10-24(11-7-21)27(32)28-25-5-2-4-23(18-25)20-30-15-3-14-29(16-17-30)19-22-8-12-26(31)13-9-22;3-2(4,5)1(6)7/h2,4-13,18,31H,3,14-17,19-20H2,1H3,(H,28,32);(H,6,7). The van der Waals surface area contributed by atoms with Crippen LogP contribution in [-0.4, -0.2) is 64.2 Å². The summed E-state index contributed by atoms with van der Waals surface area (Å²) >= 11 is 0. The number of nitrogens with zero attached hydrogens (tertiary/aromatic N) is 2. The Morgan fingerprint density at radius 1 is 0.846 bits per heavy atom. The molecule has 0 unspecified atom stereocenters. The Morgan fingerprint density at radius 3 is 1.97 bits per heavy atom. The van der Waals surface area contributed by atoms with E-state index in [1.807, 2.05) is 55.5 Å². The van der Waals surface area contributed by atoms with Crippen molar-refractivity contribution in [2.24, 2.45) is 0 Å². The molecule has 1 heterocycles. The highest BCUT2D eigenvalue weighted by Crippen LogP contribution is 2.17. The molecule has 1 saturated heterocycles. The van der Waals surface area contributed by atoms with Crippen LogP contribution in [0.3, 0.4) is 0 Å². The molecule has 4 rings (SSSR count). The van der Waals surface area contributed by atoms with Gasteiger partial charge in [0.05, 0.1) is 0 Å². The van der Waals surface area contributed by atoms with E-state index in [1.165, 1.54) is 11.1 Å². The van der Waals surface area contributed by atoms with Crippen molar-refractivity contribution < 1.29 is 33.0 Å². The third-order valence-corrected chi connectivity index (χ3v) is 6.17. The summed E-state index contributed by atoms with van der Waals surface area (Å²) in [6.07, 6.45) is -3.96. The predicted octanol–water partition coefficient (Wildman–Crippen LogP) is 5.29. The molecule has 3 N–H and O–H groups in total. The fourth-order valence-corrected chi connectivity index (χ4v) is 4.11. The number of phenolic OH excluding ortho intramolecular Hbond substituents is 1. The molecule has 1 amide bonds. The Balaban J connectivity index is 0.000000532. The number of amides is 1. The van der Waals surface area contributed by atoms with Crippen LogP contribution >= 0.6 is 0 Å². The summed E-state index contributed by atoms with van der Waals surface area (Å²) in [6, 6.07) is 23.3. The minimum absolute atomic E-state index is 0.0817. The largest absolute Gasteiger partial charge is 0.508 e. The van der Waals surface area contributed by atoms with E-state index in [0.717, 1.165) is 56.9 Å². The van der Waals surface area contributed by atoms with E-state index in [0.29, 0.717) is 11.3 Å². The van der Waals surface area contributed by atoms with Crippen LogP contribution in [0.5, 0.6) is 5.75 Å². The third kappa shape index (κ3) is 10.1. The first-order chi connectivity index (χ1) is 18.5. The smallest absolute Gasteiger partial charge is 0.490 e. The first-order valence-corrected chi connectivity index (χ1v) is 12.5. The number of aryl methyl sites for hydroxylation is 1. The van der Waals surface area contributed by atoms with Crippen molar-refractivity contribution >= 4 is 17.6 Å². The van der Waals surface area contributed by atoms with E-state index in [9.17, 15) is 23.1 Å². The second kappa shape index (κ2) is 13.8. The molecule has 3 aromatic carbocycles. The quantitative estimate of drug-likeness (QED) is 0.391.